The van der Waals surface area contributed by atoms with Crippen LogP contribution < -0.4 is 0 Å². The molecule has 1 aliphatic heterocycles. The molecular weight excluding hydrogens is 292 g/mol. The van der Waals surface area contributed by atoms with Gasteiger partial charge in [-0.15, -0.1) is 11.3 Å². The van der Waals surface area contributed by atoms with Gasteiger partial charge in [-0.25, -0.2) is 4.98 Å². The quantitative estimate of drug-likeness (QED) is 0.744. The average Bonchev–Trinajstić information content (AvgIpc) is 3.15. The molecule has 3 aromatic heterocycles. The number of pyridine rings is 1. The van der Waals surface area contributed by atoms with Crippen LogP contribution in [-0.4, -0.2) is 26.0 Å². The number of aryl methyl sites for hydroxylation is 1. The lowest BCUT2D eigenvalue weighted by molar-refractivity contribution is 0.207. The Labute approximate surface area is 134 Å². The fourth-order valence-electron chi connectivity index (χ4n) is 2.98. The lowest BCUT2D eigenvalue weighted by atomic mass is 10.2. The van der Waals surface area contributed by atoms with Crippen molar-refractivity contribution in [2.45, 2.75) is 26.6 Å². The number of hydrogen-bond donors (Lipinski definition) is 0. The van der Waals surface area contributed by atoms with Gasteiger partial charge in [-0.3, -0.25) is 9.88 Å². The van der Waals surface area contributed by atoms with Crippen LogP contribution in [-0.2, 0) is 19.6 Å². The van der Waals surface area contributed by atoms with Crippen molar-refractivity contribution in [3.63, 3.8) is 0 Å². The molecule has 0 aromatic carbocycles. The van der Waals surface area contributed by atoms with Crippen molar-refractivity contribution in [2.24, 2.45) is 0 Å². The van der Waals surface area contributed by atoms with Crippen molar-refractivity contribution in [3.8, 4) is 10.6 Å². The van der Waals surface area contributed by atoms with Crippen LogP contribution in [0.5, 0.6) is 0 Å². The second-order valence-electron chi connectivity index (χ2n) is 5.67. The molecule has 0 saturated carbocycles. The monoisotopic (exact) mass is 310 g/mol. The van der Waals surface area contributed by atoms with Crippen LogP contribution in [0.1, 0.15) is 17.2 Å². The molecule has 4 heterocycles. The van der Waals surface area contributed by atoms with E-state index in [1.54, 1.807) is 11.3 Å². The van der Waals surface area contributed by atoms with E-state index in [0.717, 1.165) is 43.4 Å². The molecule has 0 fully saturated rings. The molecule has 0 saturated heterocycles. The molecule has 0 spiro atoms. The highest BCUT2D eigenvalue weighted by atomic mass is 32.1. The van der Waals surface area contributed by atoms with Crippen molar-refractivity contribution in [3.05, 3.63) is 59.1 Å². The number of hydrogen-bond acceptors (Lipinski definition) is 4. The van der Waals surface area contributed by atoms with Gasteiger partial charge in [-0.2, -0.15) is 0 Å². The van der Waals surface area contributed by atoms with Crippen molar-refractivity contribution < 1.29 is 0 Å². The summed E-state index contributed by atoms with van der Waals surface area (Å²) in [5.74, 6) is 1.15. The van der Waals surface area contributed by atoms with Crippen molar-refractivity contribution >= 4 is 11.3 Å². The third-order valence-electron chi connectivity index (χ3n) is 4.05. The summed E-state index contributed by atoms with van der Waals surface area (Å²) in [4.78, 5) is 12.9. The minimum Gasteiger partial charge on any atom is -0.325 e. The van der Waals surface area contributed by atoms with Gasteiger partial charge in [-0.1, -0.05) is 12.1 Å². The van der Waals surface area contributed by atoms with E-state index < -0.39 is 0 Å². The second-order valence-corrected chi connectivity index (χ2v) is 6.62. The number of imidazole rings is 1. The molecule has 112 valence electrons. The lowest BCUT2D eigenvalue weighted by Gasteiger charge is -2.28. The first-order valence-electron chi connectivity index (χ1n) is 7.53. The fourth-order valence-corrected chi connectivity index (χ4v) is 3.73. The Bertz CT molecular complexity index is 776. The van der Waals surface area contributed by atoms with E-state index in [4.69, 9.17) is 0 Å². The number of fused-ring (bicyclic) bond motifs is 1. The highest BCUT2D eigenvalue weighted by molar-refractivity contribution is 7.13. The molecule has 0 aliphatic carbocycles. The maximum atomic E-state index is 4.63. The Hall–Kier alpha value is -1.98. The van der Waals surface area contributed by atoms with Crippen molar-refractivity contribution in [1.82, 2.24) is 19.4 Å². The summed E-state index contributed by atoms with van der Waals surface area (Å²) in [6, 6.07) is 10.5. The summed E-state index contributed by atoms with van der Waals surface area (Å²) < 4.78 is 2.35. The standard InChI is InChI=1S/C17H18N4S/c1-13-4-2-5-14(19-13)11-20-7-8-21-15(10-18-17(21)12-20)16-6-3-9-22-16/h2-6,9-10H,7-8,11-12H2,1H3. The number of thiophene rings is 1. The first-order chi connectivity index (χ1) is 10.8. The van der Waals surface area contributed by atoms with Gasteiger partial charge in [-0.05, 0) is 30.5 Å². The summed E-state index contributed by atoms with van der Waals surface area (Å²) in [6.45, 7) is 5.86. The minimum absolute atomic E-state index is 0.890. The molecule has 0 radical (unpaired) electrons. The van der Waals surface area contributed by atoms with Crippen LogP contribution in [0.3, 0.4) is 0 Å². The van der Waals surface area contributed by atoms with Crippen LogP contribution >= 0.6 is 11.3 Å². The normalized spacial score (nSPS) is 15.0. The zero-order chi connectivity index (χ0) is 14.9. The molecule has 0 atom stereocenters. The third kappa shape index (κ3) is 2.58. The van der Waals surface area contributed by atoms with E-state index in [2.05, 4.69) is 49.1 Å². The van der Waals surface area contributed by atoms with Crippen molar-refractivity contribution in [2.75, 3.05) is 6.54 Å². The number of nitrogens with zero attached hydrogens (tertiary/aromatic N) is 4. The summed E-state index contributed by atoms with van der Waals surface area (Å²) >= 11 is 1.77. The maximum Gasteiger partial charge on any atom is 0.123 e. The molecule has 0 unspecified atom stereocenters. The van der Waals surface area contributed by atoms with Gasteiger partial charge in [0.05, 0.1) is 29.0 Å². The van der Waals surface area contributed by atoms with Crippen LogP contribution in [0.4, 0.5) is 0 Å². The predicted octanol–water partition coefficient (Wildman–Crippen LogP) is 3.33. The van der Waals surface area contributed by atoms with Gasteiger partial charge in [0.25, 0.3) is 0 Å². The summed E-state index contributed by atoms with van der Waals surface area (Å²) in [5.41, 5.74) is 3.47. The van der Waals surface area contributed by atoms with E-state index in [1.807, 2.05) is 19.2 Å². The number of rotatable bonds is 3. The SMILES string of the molecule is Cc1cccc(CN2CCn3c(-c4cccs4)cnc3C2)n1. The molecule has 0 N–H and O–H groups in total. The van der Waals surface area contributed by atoms with E-state index in [9.17, 15) is 0 Å². The Kier molecular flexibility index (Phi) is 3.52. The number of aromatic nitrogens is 3. The Morgan fingerprint density at radius 1 is 1.18 bits per heavy atom. The van der Waals surface area contributed by atoms with Crippen LogP contribution in [0.2, 0.25) is 0 Å². The van der Waals surface area contributed by atoms with E-state index in [-0.39, 0.29) is 0 Å². The molecule has 0 amide bonds. The third-order valence-corrected chi connectivity index (χ3v) is 4.94. The Morgan fingerprint density at radius 3 is 2.95 bits per heavy atom. The summed E-state index contributed by atoms with van der Waals surface area (Å²) in [6.07, 6.45) is 2.01. The van der Waals surface area contributed by atoms with Crippen LogP contribution in [0.15, 0.2) is 41.9 Å². The van der Waals surface area contributed by atoms with Gasteiger partial charge >= 0.3 is 0 Å². The lowest BCUT2D eigenvalue weighted by Crippen LogP contribution is -2.33. The summed E-state index contributed by atoms with van der Waals surface area (Å²) in [5, 5.41) is 2.12. The van der Waals surface area contributed by atoms with Gasteiger partial charge in [0.1, 0.15) is 5.82 Å². The first kappa shape index (κ1) is 13.7. The van der Waals surface area contributed by atoms with Gasteiger partial charge in [0.15, 0.2) is 0 Å². The Balaban J connectivity index is 1.53. The highest BCUT2D eigenvalue weighted by Gasteiger charge is 2.21. The zero-order valence-electron chi connectivity index (χ0n) is 12.6. The van der Waals surface area contributed by atoms with E-state index in [1.165, 1.54) is 10.6 Å². The summed E-state index contributed by atoms with van der Waals surface area (Å²) in [7, 11) is 0. The highest BCUT2D eigenvalue weighted by Crippen LogP contribution is 2.27. The largest absolute Gasteiger partial charge is 0.325 e. The first-order valence-corrected chi connectivity index (χ1v) is 8.41. The second kappa shape index (κ2) is 5.66. The molecule has 3 aromatic rings. The van der Waals surface area contributed by atoms with E-state index in [0.29, 0.717) is 0 Å². The van der Waals surface area contributed by atoms with Crippen LogP contribution in [0, 0.1) is 6.92 Å². The predicted molar refractivity (Wildman–Crippen MR) is 88.6 cm³/mol. The topological polar surface area (TPSA) is 34.0 Å². The van der Waals surface area contributed by atoms with Gasteiger partial charge < -0.3 is 4.57 Å². The molecule has 0 bridgehead atoms. The van der Waals surface area contributed by atoms with Gasteiger partial charge in [0.2, 0.25) is 0 Å². The Morgan fingerprint density at radius 2 is 2.14 bits per heavy atom. The fraction of sp³-hybridized carbons (Fsp3) is 0.294. The van der Waals surface area contributed by atoms with Crippen molar-refractivity contribution in [1.29, 1.82) is 0 Å². The molecule has 4 nitrogen and oxygen atoms in total. The molecule has 5 heteroatoms. The van der Waals surface area contributed by atoms with Crippen LogP contribution in [0.25, 0.3) is 10.6 Å². The average molecular weight is 310 g/mol. The zero-order valence-corrected chi connectivity index (χ0v) is 13.4. The molecule has 1 aliphatic rings. The minimum atomic E-state index is 0.890. The van der Waals surface area contributed by atoms with Gasteiger partial charge in [0, 0.05) is 25.3 Å². The molecule has 22 heavy (non-hydrogen) atoms. The smallest absolute Gasteiger partial charge is 0.123 e. The maximum absolute atomic E-state index is 4.63. The van der Waals surface area contributed by atoms with E-state index >= 15 is 0 Å². The molecular formula is C17H18N4S. The molecule has 4 rings (SSSR count).